The lowest BCUT2D eigenvalue weighted by Gasteiger charge is -2.08. The third-order valence-corrected chi connectivity index (χ3v) is 3.96. The Bertz CT molecular complexity index is 756. The molecule has 1 N–H and O–H groups in total. The number of carbonyl (C=O) groups excluding carboxylic acids is 3. The number of rotatable bonds is 6. The summed E-state index contributed by atoms with van der Waals surface area (Å²) >= 11 is 1.57. The summed E-state index contributed by atoms with van der Waals surface area (Å²) in [5.74, 6) is -1.12. The zero-order valence-corrected chi connectivity index (χ0v) is 14.2. The van der Waals surface area contributed by atoms with Crippen LogP contribution in [0.3, 0.4) is 0 Å². The zero-order chi connectivity index (χ0) is 17.5. The van der Waals surface area contributed by atoms with E-state index in [0.29, 0.717) is 16.8 Å². The van der Waals surface area contributed by atoms with Gasteiger partial charge in [0.2, 0.25) is 0 Å². The Hall–Kier alpha value is -2.60. The molecule has 0 saturated heterocycles. The number of benzene rings is 2. The molecule has 0 spiro atoms. The van der Waals surface area contributed by atoms with E-state index in [1.54, 1.807) is 48.2 Å². The number of esters is 1. The fraction of sp³-hybridized carbons (Fsp3) is 0.167. The molecule has 0 atom stereocenters. The van der Waals surface area contributed by atoms with Crippen molar-refractivity contribution in [2.75, 3.05) is 18.2 Å². The predicted octanol–water partition coefficient (Wildman–Crippen LogP) is 3.41. The highest BCUT2D eigenvalue weighted by molar-refractivity contribution is 7.98. The molecular weight excluding hydrogens is 326 g/mol. The summed E-state index contributed by atoms with van der Waals surface area (Å²) in [4.78, 5) is 36.1. The van der Waals surface area contributed by atoms with Crippen molar-refractivity contribution >= 4 is 35.1 Å². The SMILES string of the molecule is CSc1ccc(C(=O)OCC(=O)Nc2cccc(C(C)=O)c2)cc1. The normalized spacial score (nSPS) is 10.1. The van der Waals surface area contributed by atoms with Crippen molar-refractivity contribution in [1.82, 2.24) is 0 Å². The third-order valence-electron chi connectivity index (χ3n) is 3.21. The van der Waals surface area contributed by atoms with Crippen molar-refractivity contribution in [3.05, 3.63) is 59.7 Å². The van der Waals surface area contributed by atoms with Crippen LogP contribution >= 0.6 is 11.8 Å². The molecule has 2 aromatic carbocycles. The molecule has 0 heterocycles. The average molecular weight is 343 g/mol. The Morgan fingerprint density at radius 1 is 1.04 bits per heavy atom. The van der Waals surface area contributed by atoms with Crippen LogP contribution in [0.5, 0.6) is 0 Å². The monoisotopic (exact) mass is 343 g/mol. The Labute approximate surface area is 144 Å². The average Bonchev–Trinajstić information content (AvgIpc) is 2.60. The minimum Gasteiger partial charge on any atom is -0.452 e. The smallest absolute Gasteiger partial charge is 0.338 e. The van der Waals surface area contributed by atoms with Gasteiger partial charge >= 0.3 is 5.97 Å². The molecule has 0 bridgehead atoms. The Morgan fingerprint density at radius 2 is 1.75 bits per heavy atom. The summed E-state index contributed by atoms with van der Waals surface area (Å²) in [6.07, 6.45) is 1.94. The van der Waals surface area contributed by atoms with E-state index in [9.17, 15) is 14.4 Å². The summed E-state index contributed by atoms with van der Waals surface area (Å²) in [5, 5.41) is 2.59. The van der Waals surface area contributed by atoms with Crippen molar-refractivity contribution in [2.45, 2.75) is 11.8 Å². The van der Waals surface area contributed by atoms with E-state index in [4.69, 9.17) is 4.74 Å². The molecule has 0 saturated carbocycles. The first-order valence-electron chi connectivity index (χ1n) is 7.21. The number of carbonyl (C=O) groups is 3. The van der Waals surface area contributed by atoms with Gasteiger partial charge in [0.25, 0.3) is 5.91 Å². The molecule has 0 aliphatic rings. The Morgan fingerprint density at radius 3 is 2.38 bits per heavy atom. The van der Waals surface area contributed by atoms with E-state index in [1.807, 2.05) is 18.4 Å². The number of ketones is 1. The first-order chi connectivity index (χ1) is 11.5. The lowest BCUT2D eigenvalue weighted by molar-refractivity contribution is -0.119. The lowest BCUT2D eigenvalue weighted by Crippen LogP contribution is -2.21. The number of ether oxygens (including phenoxy) is 1. The number of hydrogen-bond donors (Lipinski definition) is 1. The largest absolute Gasteiger partial charge is 0.452 e. The maximum atomic E-state index is 11.9. The highest BCUT2D eigenvalue weighted by Crippen LogP contribution is 2.15. The quantitative estimate of drug-likeness (QED) is 0.494. The minimum absolute atomic E-state index is 0.0915. The molecule has 2 rings (SSSR count). The van der Waals surface area contributed by atoms with Gasteiger partial charge in [0.1, 0.15) is 0 Å². The molecule has 124 valence electrons. The van der Waals surface area contributed by atoms with Gasteiger partial charge in [-0.3, -0.25) is 9.59 Å². The predicted molar refractivity (Wildman–Crippen MR) is 93.6 cm³/mol. The van der Waals surface area contributed by atoms with Gasteiger partial charge in [-0.25, -0.2) is 4.79 Å². The second kappa shape index (κ2) is 8.31. The van der Waals surface area contributed by atoms with Gasteiger partial charge in [-0.15, -0.1) is 11.8 Å². The van der Waals surface area contributed by atoms with Crippen molar-refractivity contribution in [3.8, 4) is 0 Å². The van der Waals surface area contributed by atoms with E-state index in [2.05, 4.69) is 5.32 Å². The standard InChI is InChI=1S/C18H17NO4S/c1-12(20)14-4-3-5-15(10-14)19-17(21)11-23-18(22)13-6-8-16(24-2)9-7-13/h3-10H,11H2,1-2H3,(H,19,21). The number of nitrogens with one attached hydrogen (secondary N) is 1. The van der Waals surface area contributed by atoms with Crippen LogP contribution in [0.15, 0.2) is 53.4 Å². The highest BCUT2D eigenvalue weighted by atomic mass is 32.2. The fourth-order valence-corrected chi connectivity index (χ4v) is 2.36. The van der Waals surface area contributed by atoms with E-state index >= 15 is 0 Å². The van der Waals surface area contributed by atoms with Crippen LogP contribution in [-0.2, 0) is 9.53 Å². The summed E-state index contributed by atoms with van der Waals surface area (Å²) in [5.41, 5.74) is 1.37. The summed E-state index contributed by atoms with van der Waals surface area (Å²) in [6.45, 7) is 1.05. The molecule has 24 heavy (non-hydrogen) atoms. The van der Waals surface area contributed by atoms with Crippen LogP contribution in [0.2, 0.25) is 0 Å². The lowest BCUT2D eigenvalue weighted by atomic mass is 10.1. The topological polar surface area (TPSA) is 72.5 Å². The highest BCUT2D eigenvalue weighted by Gasteiger charge is 2.11. The van der Waals surface area contributed by atoms with Crippen LogP contribution in [0.25, 0.3) is 0 Å². The number of thioether (sulfide) groups is 1. The zero-order valence-electron chi connectivity index (χ0n) is 13.4. The van der Waals surface area contributed by atoms with Crippen molar-refractivity contribution in [1.29, 1.82) is 0 Å². The van der Waals surface area contributed by atoms with Gasteiger partial charge in [-0.2, -0.15) is 0 Å². The molecule has 2 aromatic rings. The van der Waals surface area contributed by atoms with Crippen LogP contribution in [0.4, 0.5) is 5.69 Å². The van der Waals surface area contributed by atoms with E-state index in [-0.39, 0.29) is 5.78 Å². The third kappa shape index (κ3) is 4.96. The van der Waals surface area contributed by atoms with E-state index < -0.39 is 18.5 Å². The number of Topliss-reactive ketones (excluding diaryl/α,β-unsaturated/α-hetero) is 1. The number of hydrogen-bond acceptors (Lipinski definition) is 5. The number of amides is 1. The van der Waals surface area contributed by atoms with Crippen LogP contribution in [0.1, 0.15) is 27.6 Å². The molecular formula is C18H17NO4S. The van der Waals surface area contributed by atoms with Gasteiger partial charge in [0, 0.05) is 16.1 Å². The summed E-state index contributed by atoms with van der Waals surface area (Å²) in [7, 11) is 0. The van der Waals surface area contributed by atoms with Gasteiger partial charge in [0.05, 0.1) is 5.56 Å². The molecule has 5 nitrogen and oxygen atoms in total. The fourth-order valence-electron chi connectivity index (χ4n) is 1.95. The second-order valence-electron chi connectivity index (χ2n) is 4.99. The van der Waals surface area contributed by atoms with Crippen molar-refractivity contribution < 1.29 is 19.1 Å². The van der Waals surface area contributed by atoms with Crippen LogP contribution < -0.4 is 5.32 Å². The molecule has 0 radical (unpaired) electrons. The van der Waals surface area contributed by atoms with Gasteiger partial charge in [0.15, 0.2) is 12.4 Å². The van der Waals surface area contributed by atoms with Crippen LogP contribution in [0, 0.1) is 0 Å². The first-order valence-corrected chi connectivity index (χ1v) is 8.44. The molecule has 0 unspecified atom stereocenters. The molecule has 6 heteroatoms. The van der Waals surface area contributed by atoms with E-state index in [0.717, 1.165) is 4.90 Å². The molecule has 0 fully saturated rings. The van der Waals surface area contributed by atoms with Crippen molar-refractivity contribution in [3.63, 3.8) is 0 Å². The maximum absolute atomic E-state index is 11.9. The molecule has 0 aliphatic carbocycles. The Kier molecular flexibility index (Phi) is 6.14. The van der Waals surface area contributed by atoms with Gasteiger partial charge < -0.3 is 10.1 Å². The first kappa shape index (κ1) is 17.7. The molecule has 1 amide bonds. The summed E-state index contributed by atoms with van der Waals surface area (Å²) in [6, 6.07) is 13.5. The second-order valence-corrected chi connectivity index (χ2v) is 5.87. The minimum atomic E-state index is -0.560. The molecule has 0 aliphatic heterocycles. The van der Waals surface area contributed by atoms with E-state index in [1.165, 1.54) is 6.92 Å². The van der Waals surface area contributed by atoms with Crippen LogP contribution in [-0.4, -0.2) is 30.5 Å². The number of anilines is 1. The van der Waals surface area contributed by atoms with Gasteiger partial charge in [-0.1, -0.05) is 12.1 Å². The van der Waals surface area contributed by atoms with Crippen molar-refractivity contribution in [2.24, 2.45) is 0 Å². The maximum Gasteiger partial charge on any atom is 0.338 e. The summed E-state index contributed by atoms with van der Waals surface area (Å²) < 4.78 is 4.99. The Balaban J connectivity index is 1.89. The molecule has 0 aromatic heterocycles. The van der Waals surface area contributed by atoms with Gasteiger partial charge in [-0.05, 0) is 49.6 Å².